The first kappa shape index (κ1) is 13.2. The van der Waals surface area contributed by atoms with Gasteiger partial charge >= 0.3 is 0 Å². The maximum atomic E-state index is 5.73. The predicted octanol–water partition coefficient (Wildman–Crippen LogP) is 3.91. The lowest BCUT2D eigenvalue weighted by Gasteiger charge is -2.08. The monoisotopic (exact) mass is 244 g/mol. The Bertz CT molecular complexity index is 538. The number of hydrogen-bond donors (Lipinski definition) is 1. The van der Waals surface area contributed by atoms with Crippen molar-refractivity contribution >= 4 is 10.9 Å². The smallest absolute Gasteiger partial charge is 0.0485 e. The van der Waals surface area contributed by atoms with Gasteiger partial charge in [0, 0.05) is 29.7 Å². The van der Waals surface area contributed by atoms with Gasteiger partial charge in [-0.05, 0) is 43.5 Å². The molecule has 0 spiro atoms. The SMILES string of the molecule is CCCCCn1c(C)c(C)c2cc(CN)ccc21. The topological polar surface area (TPSA) is 30.9 Å². The Morgan fingerprint density at radius 2 is 1.94 bits per heavy atom. The highest BCUT2D eigenvalue weighted by Gasteiger charge is 2.10. The number of hydrogen-bond acceptors (Lipinski definition) is 1. The Morgan fingerprint density at radius 3 is 2.61 bits per heavy atom. The van der Waals surface area contributed by atoms with Crippen LogP contribution in [0.5, 0.6) is 0 Å². The second-order valence-corrected chi connectivity index (χ2v) is 5.12. The number of rotatable bonds is 5. The fraction of sp³-hybridized carbons (Fsp3) is 0.500. The Morgan fingerprint density at radius 1 is 1.17 bits per heavy atom. The molecule has 2 nitrogen and oxygen atoms in total. The summed E-state index contributed by atoms with van der Waals surface area (Å²) in [5.74, 6) is 0. The van der Waals surface area contributed by atoms with Crippen LogP contribution < -0.4 is 5.73 Å². The van der Waals surface area contributed by atoms with E-state index in [1.807, 2.05) is 0 Å². The average Bonchev–Trinajstić information content (AvgIpc) is 2.63. The quantitative estimate of drug-likeness (QED) is 0.794. The van der Waals surface area contributed by atoms with Crippen LogP contribution >= 0.6 is 0 Å². The van der Waals surface area contributed by atoms with Crippen LogP contribution in [-0.4, -0.2) is 4.57 Å². The van der Waals surface area contributed by atoms with Crippen LogP contribution in [0.25, 0.3) is 10.9 Å². The van der Waals surface area contributed by atoms with Crippen LogP contribution in [0.4, 0.5) is 0 Å². The van der Waals surface area contributed by atoms with Crippen molar-refractivity contribution in [2.45, 2.75) is 53.1 Å². The fourth-order valence-electron chi connectivity index (χ4n) is 2.63. The van der Waals surface area contributed by atoms with Crippen LogP contribution in [0.2, 0.25) is 0 Å². The van der Waals surface area contributed by atoms with E-state index in [1.165, 1.54) is 47.0 Å². The minimum absolute atomic E-state index is 0.620. The van der Waals surface area contributed by atoms with E-state index in [1.54, 1.807) is 0 Å². The molecule has 0 saturated carbocycles. The third-order valence-corrected chi connectivity index (χ3v) is 3.92. The van der Waals surface area contributed by atoms with Crippen molar-refractivity contribution in [1.82, 2.24) is 4.57 Å². The summed E-state index contributed by atoms with van der Waals surface area (Å²) in [5.41, 5.74) is 11.1. The zero-order valence-corrected chi connectivity index (χ0v) is 11.8. The summed E-state index contributed by atoms with van der Waals surface area (Å²) in [5, 5.41) is 1.37. The van der Waals surface area contributed by atoms with Crippen LogP contribution in [0.3, 0.4) is 0 Å². The van der Waals surface area contributed by atoms with Crippen molar-refractivity contribution < 1.29 is 0 Å². The molecule has 0 unspecified atom stereocenters. The molecule has 0 aliphatic carbocycles. The van der Waals surface area contributed by atoms with Gasteiger partial charge in [-0.1, -0.05) is 25.8 Å². The molecule has 18 heavy (non-hydrogen) atoms. The molecule has 1 aromatic carbocycles. The number of aromatic nitrogens is 1. The number of unbranched alkanes of at least 4 members (excludes halogenated alkanes) is 2. The normalized spacial score (nSPS) is 11.3. The van der Waals surface area contributed by atoms with Crippen molar-refractivity contribution in [3.63, 3.8) is 0 Å². The molecule has 0 atom stereocenters. The van der Waals surface area contributed by atoms with Gasteiger partial charge in [0.05, 0.1) is 0 Å². The maximum absolute atomic E-state index is 5.73. The molecule has 0 saturated heterocycles. The number of nitrogens with two attached hydrogens (primary N) is 1. The zero-order valence-electron chi connectivity index (χ0n) is 11.8. The number of benzene rings is 1. The van der Waals surface area contributed by atoms with E-state index in [4.69, 9.17) is 5.73 Å². The Hall–Kier alpha value is -1.28. The van der Waals surface area contributed by atoms with Gasteiger partial charge in [-0.15, -0.1) is 0 Å². The summed E-state index contributed by atoms with van der Waals surface area (Å²) >= 11 is 0. The van der Waals surface area contributed by atoms with Gasteiger partial charge in [0.15, 0.2) is 0 Å². The molecule has 0 fully saturated rings. The minimum Gasteiger partial charge on any atom is -0.345 e. The number of nitrogens with zero attached hydrogens (tertiary/aromatic N) is 1. The lowest BCUT2D eigenvalue weighted by molar-refractivity contribution is 0.606. The molecule has 98 valence electrons. The molecule has 1 aromatic heterocycles. The van der Waals surface area contributed by atoms with Crippen molar-refractivity contribution in [2.24, 2.45) is 5.73 Å². The molecule has 2 heteroatoms. The summed E-state index contributed by atoms with van der Waals surface area (Å²) in [6, 6.07) is 6.62. The van der Waals surface area contributed by atoms with E-state index in [0.717, 1.165) is 6.54 Å². The highest BCUT2D eigenvalue weighted by molar-refractivity contribution is 5.86. The molecule has 0 aliphatic rings. The molecule has 0 radical (unpaired) electrons. The fourth-order valence-corrected chi connectivity index (χ4v) is 2.63. The first-order valence-corrected chi connectivity index (χ1v) is 6.97. The Kier molecular flexibility index (Phi) is 4.07. The first-order chi connectivity index (χ1) is 8.69. The average molecular weight is 244 g/mol. The Labute approximate surface area is 110 Å². The Balaban J connectivity index is 2.43. The molecular weight excluding hydrogens is 220 g/mol. The summed E-state index contributed by atoms with van der Waals surface area (Å²) in [4.78, 5) is 0. The van der Waals surface area contributed by atoms with Crippen LogP contribution in [0.1, 0.15) is 43.0 Å². The van der Waals surface area contributed by atoms with E-state index in [0.29, 0.717) is 6.54 Å². The van der Waals surface area contributed by atoms with Gasteiger partial charge in [-0.2, -0.15) is 0 Å². The lowest BCUT2D eigenvalue weighted by Crippen LogP contribution is -2.00. The number of fused-ring (bicyclic) bond motifs is 1. The summed E-state index contributed by atoms with van der Waals surface area (Å²) in [6.45, 7) is 8.44. The molecule has 0 aliphatic heterocycles. The zero-order chi connectivity index (χ0) is 13.1. The van der Waals surface area contributed by atoms with E-state index < -0.39 is 0 Å². The molecular formula is C16H24N2. The second-order valence-electron chi connectivity index (χ2n) is 5.12. The summed E-state index contributed by atoms with van der Waals surface area (Å²) < 4.78 is 2.46. The molecule has 2 N–H and O–H groups in total. The highest BCUT2D eigenvalue weighted by Crippen LogP contribution is 2.26. The van der Waals surface area contributed by atoms with E-state index in [2.05, 4.69) is 43.5 Å². The first-order valence-electron chi connectivity index (χ1n) is 6.97. The number of aryl methyl sites for hydroxylation is 2. The molecule has 2 aromatic rings. The summed E-state index contributed by atoms with van der Waals surface area (Å²) in [6.07, 6.45) is 3.84. The molecule has 2 rings (SSSR count). The van der Waals surface area contributed by atoms with Crippen LogP contribution in [0, 0.1) is 13.8 Å². The maximum Gasteiger partial charge on any atom is 0.0485 e. The third-order valence-electron chi connectivity index (χ3n) is 3.92. The minimum atomic E-state index is 0.620. The van der Waals surface area contributed by atoms with Gasteiger partial charge in [0.2, 0.25) is 0 Å². The van der Waals surface area contributed by atoms with Crippen molar-refractivity contribution in [1.29, 1.82) is 0 Å². The van der Waals surface area contributed by atoms with Crippen LogP contribution in [-0.2, 0) is 13.1 Å². The summed E-state index contributed by atoms with van der Waals surface area (Å²) in [7, 11) is 0. The molecule has 1 heterocycles. The predicted molar refractivity (Wildman–Crippen MR) is 78.8 cm³/mol. The van der Waals surface area contributed by atoms with Crippen molar-refractivity contribution in [2.75, 3.05) is 0 Å². The molecule has 0 bridgehead atoms. The van der Waals surface area contributed by atoms with Crippen LogP contribution in [0.15, 0.2) is 18.2 Å². The second kappa shape index (κ2) is 5.57. The van der Waals surface area contributed by atoms with Gasteiger partial charge in [-0.25, -0.2) is 0 Å². The molecule has 0 amide bonds. The lowest BCUT2D eigenvalue weighted by atomic mass is 10.1. The highest BCUT2D eigenvalue weighted by atomic mass is 15.0. The van der Waals surface area contributed by atoms with Gasteiger partial charge in [0.1, 0.15) is 0 Å². The van der Waals surface area contributed by atoms with Gasteiger partial charge < -0.3 is 10.3 Å². The van der Waals surface area contributed by atoms with Gasteiger partial charge in [-0.3, -0.25) is 0 Å². The van der Waals surface area contributed by atoms with E-state index in [9.17, 15) is 0 Å². The van der Waals surface area contributed by atoms with E-state index in [-0.39, 0.29) is 0 Å². The van der Waals surface area contributed by atoms with Crippen molar-refractivity contribution in [3.8, 4) is 0 Å². The largest absolute Gasteiger partial charge is 0.345 e. The van der Waals surface area contributed by atoms with Crippen molar-refractivity contribution in [3.05, 3.63) is 35.0 Å². The van der Waals surface area contributed by atoms with E-state index >= 15 is 0 Å². The van der Waals surface area contributed by atoms with Gasteiger partial charge in [0.25, 0.3) is 0 Å². The standard InChI is InChI=1S/C16H24N2/c1-4-5-6-9-18-13(3)12(2)15-10-14(11-17)7-8-16(15)18/h7-8,10H,4-6,9,11,17H2,1-3H3. The third kappa shape index (κ3) is 2.30.